The van der Waals surface area contributed by atoms with Gasteiger partial charge in [0, 0.05) is 20.9 Å². The van der Waals surface area contributed by atoms with Gasteiger partial charge in [-0.15, -0.1) is 0 Å². The largest absolute Gasteiger partial charge is 0.414 e. The van der Waals surface area contributed by atoms with E-state index in [-0.39, 0.29) is 41.4 Å². The van der Waals surface area contributed by atoms with Gasteiger partial charge in [-0.25, -0.2) is 0 Å². The first-order chi connectivity index (χ1) is 16.1. The van der Waals surface area contributed by atoms with E-state index in [4.69, 9.17) is 12.7 Å². The van der Waals surface area contributed by atoms with Crippen molar-refractivity contribution in [2.45, 2.75) is 136 Å². The second-order valence-electron chi connectivity index (χ2n) is 12.4. The highest BCUT2D eigenvalue weighted by Gasteiger charge is 2.57. The number of hydrogen-bond donors (Lipinski definition) is 2. The summed E-state index contributed by atoms with van der Waals surface area (Å²) in [6, 6.07) is 0. The van der Waals surface area contributed by atoms with Crippen molar-refractivity contribution in [1.82, 2.24) is 0 Å². The van der Waals surface area contributed by atoms with Crippen LogP contribution in [0.4, 0.5) is 0 Å². The molecule has 5 atom stereocenters. The summed E-state index contributed by atoms with van der Waals surface area (Å²) >= 11 is 0. The van der Waals surface area contributed by atoms with Crippen LogP contribution in [0.3, 0.4) is 0 Å². The van der Waals surface area contributed by atoms with Gasteiger partial charge in [-0.05, 0) is 99.4 Å². The summed E-state index contributed by atoms with van der Waals surface area (Å²) in [5.41, 5.74) is -2.95. The zero-order valence-corrected chi connectivity index (χ0v) is 21.6. The minimum atomic E-state index is -2.99. The van der Waals surface area contributed by atoms with Gasteiger partial charge in [0.1, 0.15) is 0 Å². The third kappa shape index (κ3) is 5.71. The van der Waals surface area contributed by atoms with E-state index in [9.17, 15) is 10.2 Å². The Labute approximate surface area is 196 Å². The van der Waals surface area contributed by atoms with E-state index >= 15 is 0 Å². The van der Waals surface area contributed by atoms with Crippen LogP contribution in [-0.2, 0) is 4.43 Å². The zero-order valence-electron chi connectivity index (χ0n) is 26.6. The number of hydrogen-bond acceptors (Lipinski definition) is 3. The van der Waals surface area contributed by atoms with E-state index in [1.54, 1.807) is 0 Å². The van der Waals surface area contributed by atoms with E-state index in [0.717, 1.165) is 32.1 Å². The molecule has 0 aliphatic heterocycles. The SMILES string of the molecule is [2H]C([2H])([2H])C(O)(CCC[C@](C)(CCO)[C@H]1CC[C@H]2[C@@H](O[Si](C)(C)C(C)(C)C)CCC[C@]12C)C([2H])([2H])[2H]. The molecule has 3 nitrogen and oxygen atoms in total. The first-order valence-corrected chi connectivity index (χ1v) is 15.0. The molecule has 0 aromatic rings. The molecule has 0 heterocycles. The molecule has 178 valence electrons. The normalized spacial score (nSPS) is 36.5. The summed E-state index contributed by atoms with van der Waals surface area (Å²) < 4.78 is 53.1. The molecule has 0 bridgehead atoms. The molecule has 2 rings (SSSR count). The van der Waals surface area contributed by atoms with E-state index in [1.165, 1.54) is 0 Å². The Balaban J connectivity index is 2.26. The average Bonchev–Trinajstić information content (AvgIpc) is 3.04. The average molecular weight is 447 g/mol. The minimum Gasteiger partial charge on any atom is -0.414 e. The molecule has 0 aromatic carbocycles. The third-order valence-electron chi connectivity index (χ3n) is 9.13. The van der Waals surface area contributed by atoms with Crippen molar-refractivity contribution in [3.63, 3.8) is 0 Å². The highest BCUT2D eigenvalue weighted by molar-refractivity contribution is 6.74. The van der Waals surface area contributed by atoms with Gasteiger partial charge in [-0.2, -0.15) is 0 Å². The number of aliphatic hydroxyl groups excluding tert-OH is 1. The molecule has 2 N–H and O–H groups in total. The Morgan fingerprint density at radius 1 is 1.07 bits per heavy atom. The van der Waals surface area contributed by atoms with Gasteiger partial charge < -0.3 is 14.6 Å². The summed E-state index contributed by atoms with van der Waals surface area (Å²) in [4.78, 5) is 0. The summed E-state index contributed by atoms with van der Waals surface area (Å²) in [5, 5.41) is 20.9. The first kappa shape index (κ1) is 18.5. The number of fused-ring (bicyclic) bond motifs is 1. The summed E-state index contributed by atoms with van der Waals surface area (Å²) in [7, 11) is -1.92. The summed E-state index contributed by atoms with van der Waals surface area (Å²) in [5.74, 6) is 0.770. The van der Waals surface area contributed by atoms with Crippen molar-refractivity contribution >= 4 is 8.32 Å². The van der Waals surface area contributed by atoms with Gasteiger partial charge in [-0.1, -0.05) is 47.5 Å². The standard InChI is InChI=1S/C26H52O3Si/c1-23(2,3)30(8,9)29-21-12-10-17-26(7)20(21)13-14-22(26)25(6,18-19-27)16-11-15-24(4,5)28/h20-22,27-28H,10-19H2,1-9H3/t20-,21-,22+,25+,26-/m0/s1/i4D3,5D3. The molecule has 0 radical (unpaired) electrons. The summed E-state index contributed by atoms with van der Waals surface area (Å²) in [6.07, 6.45) is 6.76. The Bertz CT molecular complexity index is 733. The molecule has 4 heteroatoms. The Morgan fingerprint density at radius 3 is 2.30 bits per heavy atom. The smallest absolute Gasteiger partial charge is 0.192 e. The van der Waals surface area contributed by atoms with Crippen LogP contribution in [0, 0.1) is 22.7 Å². The monoisotopic (exact) mass is 446 g/mol. The molecule has 0 aromatic heterocycles. The minimum absolute atomic E-state index is 0.0282. The lowest BCUT2D eigenvalue weighted by atomic mass is 9.56. The zero-order chi connectivity index (χ0) is 28.0. The van der Waals surface area contributed by atoms with Crippen molar-refractivity contribution in [2.75, 3.05) is 6.61 Å². The van der Waals surface area contributed by atoms with Crippen LogP contribution in [0.25, 0.3) is 0 Å². The van der Waals surface area contributed by atoms with Crippen LogP contribution in [0.15, 0.2) is 0 Å². The fourth-order valence-corrected chi connectivity index (χ4v) is 7.83. The highest BCUT2D eigenvalue weighted by Crippen LogP contribution is 2.63. The maximum Gasteiger partial charge on any atom is 0.192 e. The maximum absolute atomic E-state index is 10.7. The molecule has 0 unspecified atom stereocenters. The first-order valence-electron chi connectivity index (χ1n) is 15.1. The molecule has 2 aliphatic carbocycles. The third-order valence-corrected chi connectivity index (χ3v) is 13.6. The number of aliphatic hydroxyl groups is 2. The fourth-order valence-electron chi connectivity index (χ4n) is 6.44. The van der Waals surface area contributed by atoms with Crippen molar-refractivity contribution in [1.29, 1.82) is 0 Å². The number of rotatable bonds is 9. The lowest BCUT2D eigenvalue weighted by Gasteiger charge is -2.52. The van der Waals surface area contributed by atoms with Crippen molar-refractivity contribution < 1.29 is 22.9 Å². The second-order valence-corrected chi connectivity index (χ2v) is 17.1. The molecular weight excluding hydrogens is 388 g/mol. The predicted molar refractivity (Wildman–Crippen MR) is 130 cm³/mol. The molecule has 2 aliphatic rings. The lowest BCUT2D eigenvalue weighted by molar-refractivity contribution is -0.0511. The predicted octanol–water partition coefficient (Wildman–Crippen LogP) is 6.92. The van der Waals surface area contributed by atoms with Gasteiger partial charge in [0.25, 0.3) is 0 Å². The van der Waals surface area contributed by atoms with E-state index in [0.29, 0.717) is 24.7 Å². The topological polar surface area (TPSA) is 49.7 Å². The van der Waals surface area contributed by atoms with Crippen LogP contribution in [0.2, 0.25) is 18.1 Å². The maximum atomic E-state index is 10.7. The summed E-state index contributed by atoms with van der Waals surface area (Å²) in [6.45, 7) is 10.1. The van der Waals surface area contributed by atoms with Gasteiger partial charge in [0.05, 0.1) is 5.60 Å². The van der Waals surface area contributed by atoms with Crippen LogP contribution in [0.5, 0.6) is 0 Å². The molecular formula is C26H52O3Si. The Kier molecular flexibility index (Phi) is 5.65. The van der Waals surface area contributed by atoms with Crippen molar-refractivity contribution in [3.8, 4) is 0 Å². The van der Waals surface area contributed by atoms with Gasteiger partial charge in [0.2, 0.25) is 0 Å². The van der Waals surface area contributed by atoms with Gasteiger partial charge in [0.15, 0.2) is 8.32 Å². The van der Waals surface area contributed by atoms with Crippen molar-refractivity contribution in [3.05, 3.63) is 0 Å². The molecule has 0 amide bonds. The van der Waals surface area contributed by atoms with Gasteiger partial charge in [-0.3, -0.25) is 0 Å². The van der Waals surface area contributed by atoms with Crippen molar-refractivity contribution in [2.24, 2.45) is 22.7 Å². The Morgan fingerprint density at radius 2 is 1.73 bits per heavy atom. The molecule has 0 saturated heterocycles. The van der Waals surface area contributed by atoms with Crippen LogP contribution in [0.1, 0.15) is 114 Å². The molecule has 2 saturated carbocycles. The quantitative estimate of drug-likeness (QED) is 0.378. The lowest BCUT2D eigenvalue weighted by Crippen LogP contribution is -2.51. The van der Waals surface area contributed by atoms with Gasteiger partial charge >= 0.3 is 0 Å². The molecule has 0 spiro atoms. The van der Waals surface area contributed by atoms with Crippen LogP contribution in [-0.4, -0.2) is 36.8 Å². The van der Waals surface area contributed by atoms with E-state index < -0.39 is 27.6 Å². The fraction of sp³-hybridized carbons (Fsp3) is 1.00. The van der Waals surface area contributed by atoms with Crippen LogP contribution < -0.4 is 0 Å². The Hall–Kier alpha value is 0.0969. The molecule has 30 heavy (non-hydrogen) atoms. The van der Waals surface area contributed by atoms with Crippen LogP contribution >= 0.6 is 0 Å². The molecule has 2 fully saturated rings. The van der Waals surface area contributed by atoms with E-state index in [2.05, 4.69) is 47.7 Å². The van der Waals surface area contributed by atoms with E-state index in [1.807, 2.05) is 0 Å². The second kappa shape index (κ2) is 9.15. The highest BCUT2D eigenvalue weighted by atomic mass is 28.4.